The van der Waals surface area contributed by atoms with Crippen molar-refractivity contribution in [3.05, 3.63) is 268 Å². The first kappa shape index (κ1) is 57.4. The minimum atomic E-state index is -4.82. The molecule has 11 heteroatoms. The number of alkyl halides is 6. The van der Waals surface area contributed by atoms with Crippen molar-refractivity contribution in [1.29, 1.82) is 0 Å². The van der Waals surface area contributed by atoms with Gasteiger partial charge in [-0.3, -0.25) is 0 Å². The van der Waals surface area contributed by atoms with Gasteiger partial charge in [-0.25, -0.2) is 15.0 Å². The van der Waals surface area contributed by atoms with Crippen molar-refractivity contribution in [2.75, 3.05) is 0 Å². The third kappa shape index (κ3) is 10.2. The molecule has 0 aliphatic rings. The molecule has 0 saturated carbocycles. The van der Waals surface area contributed by atoms with Gasteiger partial charge in [0.1, 0.15) is 0 Å². The number of fused-ring (bicyclic) bond motifs is 6. The lowest BCUT2D eigenvalue weighted by atomic mass is 9.95. The first-order valence-corrected chi connectivity index (χ1v) is 29.9. The van der Waals surface area contributed by atoms with E-state index in [9.17, 15) is 0 Å². The van der Waals surface area contributed by atoms with Gasteiger partial charge in [-0.15, -0.1) is 0 Å². The van der Waals surface area contributed by atoms with Gasteiger partial charge in [0.15, 0.2) is 17.5 Å². The van der Waals surface area contributed by atoms with E-state index in [4.69, 9.17) is 15.0 Å². The van der Waals surface area contributed by atoms with Crippen LogP contribution >= 0.6 is 0 Å². The summed E-state index contributed by atoms with van der Waals surface area (Å²) >= 11 is 0. The molecule has 0 N–H and O–H groups in total. The SMILES string of the molecule is Cc1ccc(-c2ccc3c(c2)c2cc(-c4ccc(C)cc4C)ccc2n3-c2ccc(C(F)(F)F)cc2-c2nc(-c3ccccc3)nc(-c3cc(C(F)(F)F)ccc3-n3c4ccc(-c5ccc(C)cc5C)cc4c4cc(-c5ccc(C)cc5C)ccc43)n2)c(C)c1. The average molecular weight is 1190 g/mol. The topological polar surface area (TPSA) is 48.5 Å². The van der Waals surface area contributed by atoms with E-state index < -0.39 is 23.5 Å². The number of halogens is 6. The maximum atomic E-state index is 15.4. The number of aromatic nitrogens is 5. The van der Waals surface area contributed by atoms with E-state index in [1.807, 2.05) is 57.7 Å². The summed E-state index contributed by atoms with van der Waals surface area (Å²) in [5.74, 6) is -0.328. The molecule has 0 bridgehead atoms. The minimum absolute atomic E-state index is 0.0235. The first-order chi connectivity index (χ1) is 43.1. The van der Waals surface area contributed by atoms with E-state index in [2.05, 4.69) is 152 Å². The predicted octanol–water partition coefficient (Wildman–Crippen LogP) is 22.2. The van der Waals surface area contributed by atoms with Crippen LogP contribution in [-0.4, -0.2) is 24.1 Å². The minimum Gasteiger partial charge on any atom is -0.309 e. The van der Waals surface area contributed by atoms with Gasteiger partial charge in [0, 0.05) is 38.2 Å². The lowest BCUT2D eigenvalue weighted by Gasteiger charge is -2.19. The maximum absolute atomic E-state index is 15.4. The Morgan fingerprint density at radius 3 is 0.856 bits per heavy atom. The molecule has 0 radical (unpaired) electrons. The van der Waals surface area contributed by atoms with Gasteiger partial charge in [0.2, 0.25) is 0 Å². The van der Waals surface area contributed by atoms with E-state index in [-0.39, 0.29) is 28.6 Å². The third-order valence-corrected chi connectivity index (χ3v) is 17.6. The highest BCUT2D eigenvalue weighted by Crippen LogP contribution is 2.46. The molecule has 90 heavy (non-hydrogen) atoms. The molecular formula is C79H59F6N5. The van der Waals surface area contributed by atoms with Gasteiger partial charge < -0.3 is 9.13 Å². The summed E-state index contributed by atoms with van der Waals surface area (Å²) in [6.45, 7) is 16.5. The second kappa shape index (κ2) is 21.7. The zero-order valence-corrected chi connectivity index (χ0v) is 50.7. The summed E-state index contributed by atoms with van der Waals surface area (Å²) in [7, 11) is 0. The van der Waals surface area contributed by atoms with Crippen LogP contribution in [0.25, 0.3) is 134 Å². The molecule has 11 aromatic carbocycles. The number of nitrogens with zero attached hydrogens (tertiary/aromatic N) is 5. The van der Waals surface area contributed by atoms with E-state index in [1.54, 1.807) is 30.3 Å². The zero-order valence-electron chi connectivity index (χ0n) is 50.7. The zero-order chi connectivity index (χ0) is 62.7. The first-order valence-electron chi connectivity index (χ1n) is 29.9. The van der Waals surface area contributed by atoms with Gasteiger partial charge in [-0.2, -0.15) is 26.3 Å². The Balaban J connectivity index is 1.05. The summed E-state index contributed by atoms with van der Waals surface area (Å²) in [6, 6.07) is 65.8. The highest BCUT2D eigenvalue weighted by Gasteiger charge is 2.35. The van der Waals surface area contributed by atoms with Crippen LogP contribution in [0.2, 0.25) is 0 Å². The summed E-state index contributed by atoms with van der Waals surface area (Å²) in [4.78, 5) is 15.2. The molecule has 0 unspecified atom stereocenters. The normalized spacial score (nSPS) is 12.1. The van der Waals surface area contributed by atoms with Crippen LogP contribution in [0, 0.1) is 55.4 Å². The van der Waals surface area contributed by atoms with Gasteiger partial charge in [0.05, 0.1) is 44.6 Å². The largest absolute Gasteiger partial charge is 0.416 e. The van der Waals surface area contributed by atoms with Crippen LogP contribution in [0.3, 0.4) is 0 Å². The van der Waals surface area contributed by atoms with E-state index >= 15 is 26.3 Å². The second-order valence-corrected chi connectivity index (χ2v) is 24.0. The lowest BCUT2D eigenvalue weighted by molar-refractivity contribution is -0.138. The van der Waals surface area contributed by atoms with Crippen LogP contribution < -0.4 is 0 Å². The Morgan fingerprint density at radius 2 is 0.567 bits per heavy atom. The molecular weight excluding hydrogens is 1130 g/mol. The summed E-state index contributed by atoms with van der Waals surface area (Å²) in [5, 5.41) is 3.40. The van der Waals surface area contributed by atoms with Crippen LogP contribution in [-0.2, 0) is 12.4 Å². The monoisotopic (exact) mass is 1190 g/mol. The Morgan fingerprint density at radius 1 is 0.267 bits per heavy atom. The molecule has 0 aliphatic heterocycles. The smallest absolute Gasteiger partial charge is 0.309 e. The van der Waals surface area contributed by atoms with E-state index in [1.165, 1.54) is 12.1 Å². The number of benzene rings is 11. The Kier molecular flexibility index (Phi) is 13.8. The molecule has 0 atom stereocenters. The molecule has 0 fully saturated rings. The van der Waals surface area contributed by atoms with Crippen LogP contribution in [0.1, 0.15) is 55.6 Å². The second-order valence-electron chi connectivity index (χ2n) is 24.0. The fraction of sp³-hybridized carbons (Fsp3) is 0.127. The number of hydrogen-bond acceptors (Lipinski definition) is 3. The molecule has 0 saturated heterocycles. The Labute approximate surface area is 517 Å². The van der Waals surface area contributed by atoms with Crippen molar-refractivity contribution < 1.29 is 26.3 Å². The molecule has 442 valence electrons. The molecule has 3 aromatic heterocycles. The van der Waals surface area contributed by atoms with Crippen molar-refractivity contribution in [3.63, 3.8) is 0 Å². The van der Waals surface area contributed by atoms with Gasteiger partial charge in [-0.05, 0) is 207 Å². The predicted molar refractivity (Wildman–Crippen MR) is 354 cm³/mol. The molecule has 14 rings (SSSR count). The fourth-order valence-electron chi connectivity index (χ4n) is 13.3. The van der Waals surface area contributed by atoms with Crippen molar-refractivity contribution in [2.45, 2.75) is 67.7 Å². The molecule has 0 spiro atoms. The van der Waals surface area contributed by atoms with Crippen molar-refractivity contribution in [1.82, 2.24) is 24.1 Å². The summed E-state index contributed by atoms with van der Waals surface area (Å²) in [5.41, 5.74) is 18.7. The number of rotatable bonds is 9. The molecule has 0 amide bonds. The quantitative estimate of drug-likeness (QED) is 0.135. The average Bonchev–Trinajstić information content (AvgIpc) is 1.55. The van der Waals surface area contributed by atoms with Gasteiger partial charge in [0.25, 0.3) is 0 Å². The highest BCUT2D eigenvalue weighted by molar-refractivity contribution is 6.14. The molecule has 5 nitrogen and oxygen atoms in total. The van der Waals surface area contributed by atoms with E-state index in [0.717, 1.165) is 135 Å². The fourth-order valence-corrected chi connectivity index (χ4v) is 13.3. The van der Waals surface area contributed by atoms with Crippen molar-refractivity contribution in [2.24, 2.45) is 0 Å². The molecule has 0 aliphatic carbocycles. The lowest BCUT2D eigenvalue weighted by Crippen LogP contribution is -2.10. The summed E-state index contributed by atoms with van der Waals surface area (Å²) in [6.07, 6.45) is -9.65. The number of aryl methyl sites for hydroxylation is 8. The van der Waals surface area contributed by atoms with Gasteiger partial charge >= 0.3 is 12.4 Å². The van der Waals surface area contributed by atoms with Crippen molar-refractivity contribution >= 4 is 43.6 Å². The van der Waals surface area contributed by atoms with Crippen LogP contribution in [0.15, 0.2) is 212 Å². The summed E-state index contributed by atoms with van der Waals surface area (Å²) < 4.78 is 96.5. The number of hydrogen-bond donors (Lipinski definition) is 0. The third-order valence-electron chi connectivity index (χ3n) is 17.6. The van der Waals surface area contributed by atoms with Crippen molar-refractivity contribution in [3.8, 4) is 90.0 Å². The van der Waals surface area contributed by atoms with Crippen LogP contribution in [0.5, 0.6) is 0 Å². The molecule has 14 aromatic rings. The highest BCUT2D eigenvalue weighted by atomic mass is 19.4. The molecule has 3 heterocycles. The Bertz CT molecular complexity index is 4740. The van der Waals surface area contributed by atoms with Crippen LogP contribution in [0.4, 0.5) is 26.3 Å². The van der Waals surface area contributed by atoms with E-state index in [0.29, 0.717) is 39.0 Å². The standard InChI is InChI=1S/C79H59F6N5/c1-44-14-24-59(48(5)34-44)53-18-28-69-63(38-53)64-39-54(60-25-15-45(2)35-49(60)6)19-29-70(64)89(69)73-32-22-57(78(80,81)82)42-67(73)76-86-75(52-12-10-9-11-13-52)87-77(88-76)68-43-58(79(83,84)85)23-33-74(68)90-71-30-20-55(61-26-16-46(3)36-50(61)7)40-65(71)66-41-56(21-31-72(66)90)62-27-17-47(4)37-51(62)8/h9-43H,1-8H3. The maximum Gasteiger partial charge on any atom is 0.416 e. The Hall–Kier alpha value is -10.4. The van der Waals surface area contributed by atoms with Gasteiger partial charge in [-0.1, -0.05) is 150 Å².